The van der Waals surface area contributed by atoms with E-state index in [2.05, 4.69) is 0 Å². The van der Waals surface area contributed by atoms with E-state index in [1.165, 1.54) is 0 Å². The van der Waals surface area contributed by atoms with E-state index in [4.69, 9.17) is 14.5 Å². The lowest BCUT2D eigenvalue weighted by atomic mass is 10.0. The number of esters is 1. The van der Waals surface area contributed by atoms with Crippen molar-refractivity contribution in [3.63, 3.8) is 0 Å². The van der Waals surface area contributed by atoms with Crippen LogP contribution in [0, 0.1) is 6.92 Å². The molecule has 1 aromatic heterocycles. The molecule has 0 aliphatic rings. The van der Waals surface area contributed by atoms with Crippen molar-refractivity contribution in [2.45, 2.75) is 6.92 Å². The second-order valence-corrected chi connectivity index (χ2v) is 7.70. The highest BCUT2D eigenvalue weighted by molar-refractivity contribution is 6.05. The molecule has 0 aliphatic carbocycles. The van der Waals surface area contributed by atoms with E-state index in [1.807, 2.05) is 91.9 Å². The number of nitrogens with zero attached hydrogens (tertiary/aromatic N) is 1. The van der Waals surface area contributed by atoms with Crippen LogP contribution in [0.2, 0.25) is 0 Å². The fraction of sp³-hybridized carbons (Fsp3) is 0.0714. The molecule has 4 nitrogen and oxygen atoms in total. The first-order valence-corrected chi connectivity index (χ1v) is 10.4. The van der Waals surface area contributed by atoms with Crippen molar-refractivity contribution < 1.29 is 14.3 Å². The first kappa shape index (κ1) is 19.8. The number of aromatic nitrogens is 1. The summed E-state index contributed by atoms with van der Waals surface area (Å²) < 4.78 is 11.0. The molecule has 0 spiro atoms. The first-order valence-electron chi connectivity index (χ1n) is 10.4. The van der Waals surface area contributed by atoms with Crippen LogP contribution in [0.5, 0.6) is 11.5 Å². The van der Waals surface area contributed by atoms with Crippen LogP contribution in [0.3, 0.4) is 0 Å². The predicted molar refractivity (Wildman–Crippen MR) is 127 cm³/mol. The van der Waals surface area contributed by atoms with E-state index in [0.717, 1.165) is 38.6 Å². The molecule has 0 N–H and O–H groups in total. The maximum Gasteiger partial charge on any atom is 0.344 e. The molecule has 0 atom stereocenters. The van der Waals surface area contributed by atoms with Crippen LogP contribution in [0.25, 0.3) is 32.9 Å². The summed E-state index contributed by atoms with van der Waals surface area (Å²) in [6, 6.07) is 28.9. The van der Waals surface area contributed by atoms with Crippen LogP contribution in [0.15, 0.2) is 91.0 Å². The van der Waals surface area contributed by atoms with Crippen LogP contribution in [0.1, 0.15) is 15.9 Å². The molecule has 0 fully saturated rings. The molecule has 0 saturated heterocycles. The number of carbonyl (C=O) groups is 1. The number of fused-ring (bicyclic) bond motifs is 2. The van der Waals surface area contributed by atoms with Crippen LogP contribution >= 0.6 is 0 Å². The van der Waals surface area contributed by atoms with Gasteiger partial charge in [-0.05, 0) is 72.3 Å². The van der Waals surface area contributed by atoms with E-state index in [9.17, 15) is 4.79 Å². The monoisotopic (exact) mass is 419 g/mol. The number of rotatable bonds is 4. The number of pyridine rings is 1. The topological polar surface area (TPSA) is 48.4 Å². The summed E-state index contributed by atoms with van der Waals surface area (Å²) in [6.07, 6.45) is 0. The molecule has 0 amide bonds. The fourth-order valence-corrected chi connectivity index (χ4v) is 3.81. The molecule has 32 heavy (non-hydrogen) atoms. The van der Waals surface area contributed by atoms with Gasteiger partial charge in [0.05, 0.1) is 23.9 Å². The van der Waals surface area contributed by atoms with Crippen LogP contribution in [0.4, 0.5) is 0 Å². The summed E-state index contributed by atoms with van der Waals surface area (Å²) in [6.45, 7) is 2.00. The molecular weight excluding hydrogens is 398 g/mol. The number of ether oxygens (including phenoxy) is 2. The fourth-order valence-electron chi connectivity index (χ4n) is 3.81. The van der Waals surface area contributed by atoms with Gasteiger partial charge in [-0.15, -0.1) is 0 Å². The molecule has 0 radical (unpaired) electrons. The highest BCUT2D eigenvalue weighted by Crippen LogP contribution is 2.29. The third-order valence-electron chi connectivity index (χ3n) is 5.50. The highest BCUT2D eigenvalue weighted by atomic mass is 16.5. The average Bonchev–Trinajstić information content (AvgIpc) is 2.83. The molecule has 1 heterocycles. The SMILES string of the molecule is COc1ccc(-c2cc(C(=O)Oc3ccc4ccccc4c3)c3cc(C)ccc3n2)cc1. The van der Waals surface area contributed by atoms with E-state index < -0.39 is 5.97 Å². The summed E-state index contributed by atoms with van der Waals surface area (Å²) in [5, 5.41) is 2.89. The van der Waals surface area contributed by atoms with Crippen molar-refractivity contribution in [3.8, 4) is 22.8 Å². The molecular formula is C28H21NO3. The Labute approximate surface area is 186 Å². The molecule has 5 aromatic rings. The van der Waals surface area contributed by atoms with Crippen molar-refractivity contribution in [2.24, 2.45) is 0 Å². The van der Waals surface area contributed by atoms with E-state index in [1.54, 1.807) is 13.2 Å². The Balaban J connectivity index is 1.58. The first-order chi connectivity index (χ1) is 15.6. The summed E-state index contributed by atoms with van der Waals surface area (Å²) >= 11 is 0. The number of hydrogen-bond donors (Lipinski definition) is 0. The number of hydrogen-bond acceptors (Lipinski definition) is 4. The molecule has 0 aliphatic heterocycles. The van der Waals surface area contributed by atoms with Gasteiger partial charge in [0.25, 0.3) is 0 Å². The molecule has 4 aromatic carbocycles. The lowest BCUT2D eigenvalue weighted by molar-refractivity contribution is 0.0737. The smallest absolute Gasteiger partial charge is 0.344 e. The minimum absolute atomic E-state index is 0.409. The second kappa shape index (κ2) is 8.16. The third-order valence-corrected chi connectivity index (χ3v) is 5.50. The van der Waals surface area contributed by atoms with Crippen molar-refractivity contribution in [1.82, 2.24) is 4.98 Å². The molecule has 4 heteroatoms. The van der Waals surface area contributed by atoms with Crippen LogP contribution in [-0.4, -0.2) is 18.1 Å². The summed E-state index contributed by atoms with van der Waals surface area (Å²) in [4.78, 5) is 18.1. The quantitative estimate of drug-likeness (QED) is 0.243. The van der Waals surface area contributed by atoms with Gasteiger partial charge < -0.3 is 9.47 Å². The van der Waals surface area contributed by atoms with Gasteiger partial charge in [-0.1, -0.05) is 42.0 Å². The zero-order valence-electron chi connectivity index (χ0n) is 17.8. The maximum absolute atomic E-state index is 13.3. The van der Waals surface area contributed by atoms with Crippen LogP contribution in [-0.2, 0) is 0 Å². The van der Waals surface area contributed by atoms with E-state index >= 15 is 0 Å². The Morgan fingerprint density at radius 3 is 2.31 bits per heavy atom. The van der Waals surface area contributed by atoms with Crippen molar-refractivity contribution >= 4 is 27.6 Å². The Morgan fingerprint density at radius 2 is 1.53 bits per heavy atom. The standard InChI is InChI=1S/C28H21NO3/c1-18-7-14-26-24(15-18)25(17-27(29-26)20-9-11-22(31-2)12-10-20)28(30)32-23-13-8-19-5-3-4-6-21(19)16-23/h3-17H,1-2H3. The highest BCUT2D eigenvalue weighted by Gasteiger charge is 2.17. The molecule has 156 valence electrons. The maximum atomic E-state index is 13.3. The average molecular weight is 419 g/mol. The van der Waals surface area contributed by atoms with Gasteiger partial charge in [0.15, 0.2) is 0 Å². The normalized spacial score (nSPS) is 10.9. The molecule has 5 rings (SSSR count). The molecule has 0 bridgehead atoms. The Morgan fingerprint density at radius 1 is 0.781 bits per heavy atom. The van der Waals surface area contributed by atoms with Gasteiger partial charge in [-0.2, -0.15) is 0 Å². The number of carbonyl (C=O) groups excluding carboxylic acids is 1. The minimum atomic E-state index is -0.409. The predicted octanol–water partition coefficient (Wildman–Crippen LogP) is 6.59. The second-order valence-electron chi connectivity index (χ2n) is 7.70. The minimum Gasteiger partial charge on any atom is -0.497 e. The molecule has 0 unspecified atom stereocenters. The molecule has 0 saturated carbocycles. The van der Waals surface area contributed by atoms with Crippen molar-refractivity contribution in [1.29, 1.82) is 0 Å². The lowest BCUT2D eigenvalue weighted by Gasteiger charge is -2.11. The Hall–Kier alpha value is -4.18. The van der Waals surface area contributed by atoms with Crippen LogP contribution < -0.4 is 9.47 Å². The van der Waals surface area contributed by atoms with Gasteiger partial charge in [-0.25, -0.2) is 9.78 Å². The Kier molecular flexibility index (Phi) is 5.04. The Bertz CT molecular complexity index is 1460. The van der Waals surface area contributed by atoms with E-state index in [-0.39, 0.29) is 0 Å². The van der Waals surface area contributed by atoms with Gasteiger partial charge in [0.2, 0.25) is 0 Å². The number of aryl methyl sites for hydroxylation is 1. The van der Waals surface area contributed by atoms with Gasteiger partial charge in [0, 0.05) is 10.9 Å². The zero-order valence-corrected chi connectivity index (χ0v) is 17.8. The van der Waals surface area contributed by atoms with Gasteiger partial charge in [0.1, 0.15) is 11.5 Å². The van der Waals surface area contributed by atoms with Crippen molar-refractivity contribution in [2.75, 3.05) is 7.11 Å². The largest absolute Gasteiger partial charge is 0.497 e. The van der Waals surface area contributed by atoms with Gasteiger partial charge >= 0.3 is 5.97 Å². The zero-order chi connectivity index (χ0) is 22.1. The van der Waals surface area contributed by atoms with E-state index in [0.29, 0.717) is 17.0 Å². The number of methoxy groups -OCH3 is 1. The van der Waals surface area contributed by atoms with Crippen molar-refractivity contribution in [3.05, 3.63) is 102 Å². The van der Waals surface area contributed by atoms with Gasteiger partial charge in [-0.3, -0.25) is 0 Å². The number of benzene rings is 4. The summed E-state index contributed by atoms with van der Waals surface area (Å²) in [5.41, 5.74) is 3.88. The summed E-state index contributed by atoms with van der Waals surface area (Å²) in [7, 11) is 1.63. The lowest BCUT2D eigenvalue weighted by Crippen LogP contribution is -2.10. The summed E-state index contributed by atoms with van der Waals surface area (Å²) in [5.74, 6) is 0.867. The third kappa shape index (κ3) is 3.79.